The zero-order valence-electron chi connectivity index (χ0n) is 36.0. The van der Waals surface area contributed by atoms with Crippen LogP contribution >= 0.6 is 11.3 Å². The van der Waals surface area contributed by atoms with Crippen molar-refractivity contribution >= 4 is 36.9 Å². The first-order valence-corrected chi connectivity index (χ1v) is 24.6. The maximum atomic E-state index is 16.0. The van der Waals surface area contributed by atoms with Gasteiger partial charge in [-0.25, -0.2) is 21.8 Å². The molecular weight excluding hydrogens is 889 g/mol. The highest BCUT2D eigenvalue weighted by Gasteiger charge is 2.38. The van der Waals surface area contributed by atoms with Crippen molar-refractivity contribution in [2.24, 2.45) is 0 Å². The zero-order chi connectivity index (χ0) is 45.6. The van der Waals surface area contributed by atoms with Gasteiger partial charge in [0.1, 0.15) is 27.2 Å². The average molecular weight is 937 g/mol. The highest BCUT2D eigenvalue weighted by atomic mass is 32.2. The number of rotatable bonds is 18. The minimum Gasteiger partial charge on any atom is -0.497 e. The van der Waals surface area contributed by atoms with E-state index in [2.05, 4.69) is 10.3 Å². The third kappa shape index (κ3) is 10.4. The van der Waals surface area contributed by atoms with Crippen LogP contribution < -0.4 is 19.9 Å². The molecule has 1 aliphatic heterocycles. The van der Waals surface area contributed by atoms with E-state index in [4.69, 9.17) is 34.8 Å². The van der Waals surface area contributed by atoms with Crippen molar-refractivity contribution in [2.75, 3.05) is 65.7 Å². The second kappa shape index (κ2) is 19.9. The van der Waals surface area contributed by atoms with Gasteiger partial charge >= 0.3 is 0 Å². The summed E-state index contributed by atoms with van der Waals surface area (Å²) in [4.78, 5) is 7.40. The smallest absolute Gasteiger partial charge is 0.245 e. The summed E-state index contributed by atoms with van der Waals surface area (Å²) in [7, 11) is -4.49. The lowest BCUT2D eigenvalue weighted by molar-refractivity contribution is 0.0408. The van der Waals surface area contributed by atoms with E-state index in [1.54, 1.807) is 99.5 Å². The van der Waals surface area contributed by atoms with Crippen molar-refractivity contribution in [3.05, 3.63) is 131 Å². The number of sulfonamides is 1. The van der Waals surface area contributed by atoms with Crippen LogP contribution in [0.2, 0.25) is 0 Å². The normalized spacial score (nSPS) is 13.5. The number of sulfone groups is 1. The topological polar surface area (TPSA) is 194 Å². The van der Waals surface area contributed by atoms with Gasteiger partial charge in [-0.15, -0.1) is 21.5 Å². The molecule has 0 saturated carbocycles. The molecule has 0 aliphatic carbocycles. The van der Waals surface area contributed by atoms with Gasteiger partial charge in [0.2, 0.25) is 15.8 Å². The van der Waals surface area contributed by atoms with Crippen LogP contribution in [0.4, 0.5) is 5.69 Å². The van der Waals surface area contributed by atoms with Crippen LogP contribution in [0.5, 0.6) is 17.2 Å². The van der Waals surface area contributed by atoms with Crippen LogP contribution in [0.1, 0.15) is 16.7 Å². The van der Waals surface area contributed by atoms with Crippen molar-refractivity contribution in [3.8, 4) is 50.5 Å². The Morgan fingerprint density at radius 3 is 1.91 bits per heavy atom. The van der Waals surface area contributed by atoms with Gasteiger partial charge in [-0.3, -0.25) is 4.90 Å². The summed E-state index contributed by atoms with van der Waals surface area (Å²) < 4.78 is 84.8. The number of ether oxygens (including phenoxy) is 4. The molecule has 0 spiro atoms. The summed E-state index contributed by atoms with van der Waals surface area (Å²) in [5, 5.41) is 15.9. The Labute approximate surface area is 382 Å². The molecule has 1 saturated heterocycles. The van der Waals surface area contributed by atoms with Gasteiger partial charge in [-0.1, -0.05) is 54.6 Å². The van der Waals surface area contributed by atoms with E-state index in [1.807, 2.05) is 35.2 Å². The first kappa shape index (κ1) is 45.4. The predicted octanol–water partition coefficient (Wildman–Crippen LogP) is 6.28. The quantitative estimate of drug-likeness (QED) is 0.0945. The number of nitrogens with two attached hydrogens (primary N) is 1. The highest BCUT2D eigenvalue weighted by Crippen LogP contribution is 2.43. The molecule has 2 aromatic heterocycles. The summed E-state index contributed by atoms with van der Waals surface area (Å²) in [5.41, 5.74) is 10.2. The Bertz CT molecular complexity index is 2910. The number of thiazole rings is 1. The van der Waals surface area contributed by atoms with Crippen molar-refractivity contribution in [1.29, 1.82) is 0 Å². The zero-order valence-corrected chi connectivity index (χ0v) is 38.5. The van der Waals surface area contributed by atoms with Gasteiger partial charge in [0.05, 0.1) is 63.0 Å². The standard InChI is InChI=1S/C46H48N8O8S3/c1-59-35-14-8-32(9-15-35)28-53(29-33-10-16-36(60-2)17-11-33)65(57,58)44-42(64(55,56)27-24-52-22-25-62-26-23-52)21-20-39(41-31-63-46(48-41)38-6-4-5-7-40(38)47)43(44)45-49-51-54(50-45)30-34-12-18-37(61-3)19-13-34/h4-21,31H,22-30,47H2,1-3H3. The Morgan fingerprint density at radius 2 is 1.32 bits per heavy atom. The first-order valence-electron chi connectivity index (χ1n) is 20.6. The van der Waals surface area contributed by atoms with Crippen LogP contribution in [-0.2, 0) is 44.2 Å². The number of nitrogen functional groups attached to an aromatic ring is 1. The molecule has 19 heteroatoms. The van der Waals surface area contributed by atoms with Gasteiger partial charge in [0.15, 0.2) is 9.84 Å². The third-order valence-electron chi connectivity index (χ3n) is 11.0. The fraction of sp³-hybridized carbons (Fsp3) is 0.261. The molecular formula is C46H48N8O8S3. The van der Waals surface area contributed by atoms with Crippen molar-refractivity contribution in [1.82, 2.24) is 34.4 Å². The Kier molecular flexibility index (Phi) is 13.9. The van der Waals surface area contributed by atoms with Crippen molar-refractivity contribution < 1.29 is 35.8 Å². The van der Waals surface area contributed by atoms with E-state index in [1.165, 1.54) is 26.5 Å². The van der Waals surface area contributed by atoms with E-state index in [0.29, 0.717) is 76.6 Å². The SMILES string of the molecule is COc1ccc(CN(Cc2ccc(OC)cc2)S(=O)(=O)c2c(S(=O)(=O)CCN3CCOCC3)ccc(-c3csc(-c4ccccc4N)n3)c2-c2nnn(Cc3ccc(OC)cc3)n2)cc1. The second-order valence-electron chi connectivity index (χ2n) is 15.2. The van der Waals surface area contributed by atoms with Gasteiger partial charge in [0.25, 0.3) is 0 Å². The van der Waals surface area contributed by atoms with Gasteiger partial charge in [0, 0.05) is 54.9 Å². The maximum Gasteiger partial charge on any atom is 0.245 e. The number of nitrogens with zero attached hydrogens (tertiary/aromatic N) is 7. The Balaban J connectivity index is 1.35. The number of morpholine rings is 1. The predicted molar refractivity (Wildman–Crippen MR) is 248 cm³/mol. The molecule has 0 amide bonds. The molecule has 7 aromatic rings. The second-order valence-corrected chi connectivity index (χ2v) is 20.0. The van der Waals surface area contributed by atoms with Crippen molar-refractivity contribution in [3.63, 3.8) is 0 Å². The van der Waals surface area contributed by atoms with Crippen LogP contribution in [0, 0.1) is 0 Å². The van der Waals surface area contributed by atoms with Gasteiger partial charge in [-0.05, 0) is 76.5 Å². The molecule has 5 aromatic carbocycles. The minimum atomic E-state index is -4.82. The summed E-state index contributed by atoms with van der Waals surface area (Å²) in [5.74, 6) is 1.37. The summed E-state index contributed by atoms with van der Waals surface area (Å²) in [6.07, 6.45) is 0. The monoisotopic (exact) mass is 936 g/mol. The molecule has 338 valence electrons. The number of methoxy groups -OCH3 is 3. The summed E-state index contributed by atoms with van der Waals surface area (Å²) >= 11 is 1.31. The molecule has 16 nitrogen and oxygen atoms in total. The van der Waals surface area contributed by atoms with E-state index >= 15 is 8.42 Å². The minimum absolute atomic E-state index is 0.0641. The maximum absolute atomic E-state index is 16.0. The first-order chi connectivity index (χ1) is 31.4. The van der Waals surface area contributed by atoms with Crippen LogP contribution in [-0.4, -0.2) is 111 Å². The molecule has 1 fully saturated rings. The molecule has 0 radical (unpaired) electrons. The molecule has 1 aliphatic rings. The fourth-order valence-electron chi connectivity index (χ4n) is 7.43. The Morgan fingerprint density at radius 1 is 0.738 bits per heavy atom. The van der Waals surface area contributed by atoms with E-state index < -0.39 is 29.7 Å². The summed E-state index contributed by atoms with van der Waals surface area (Å²) in [6.45, 7) is 2.07. The van der Waals surface area contributed by atoms with Gasteiger partial charge < -0.3 is 24.7 Å². The molecule has 0 atom stereocenters. The summed E-state index contributed by atoms with van der Waals surface area (Å²) in [6, 6.07) is 31.6. The number of hydrogen-bond acceptors (Lipinski definition) is 15. The highest BCUT2D eigenvalue weighted by molar-refractivity contribution is 7.93. The lowest BCUT2D eigenvalue weighted by Crippen LogP contribution is -2.39. The molecule has 2 N–H and O–H groups in total. The molecule has 8 rings (SSSR count). The average Bonchev–Trinajstić information content (AvgIpc) is 4.02. The molecule has 65 heavy (non-hydrogen) atoms. The van der Waals surface area contributed by atoms with E-state index in [9.17, 15) is 8.42 Å². The van der Waals surface area contributed by atoms with E-state index in [0.717, 1.165) is 5.56 Å². The molecule has 3 heterocycles. The van der Waals surface area contributed by atoms with Crippen molar-refractivity contribution in [2.45, 2.75) is 29.4 Å². The number of hydrogen-bond donors (Lipinski definition) is 1. The van der Waals surface area contributed by atoms with Gasteiger partial charge in [-0.2, -0.15) is 9.10 Å². The number of tetrazole rings is 1. The lowest BCUT2D eigenvalue weighted by Gasteiger charge is -2.27. The number of benzene rings is 5. The third-order valence-corrected chi connectivity index (χ3v) is 15.6. The van der Waals surface area contributed by atoms with Crippen LogP contribution in [0.3, 0.4) is 0 Å². The Hall–Kier alpha value is -6.22. The van der Waals surface area contributed by atoms with Crippen LogP contribution in [0.25, 0.3) is 33.2 Å². The molecule has 0 unspecified atom stereocenters. The number of para-hydroxylation sites is 1. The number of aromatic nitrogens is 5. The van der Waals surface area contributed by atoms with Crippen LogP contribution in [0.15, 0.2) is 124 Å². The largest absolute Gasteiger partial charge is 0.497 e. The van der Waals surface area contributed by atoms with E-state index in [-0.39, 0.29) is 48.9 Å². The fourth-order valence-corrected chi connectivity index (χ4v) is 12.0. The molecule has 0 bridgehead atoms. The number of anilines is 1. The lowest BCUT2D eigenvalue weighted by atomic mass is 10.0.